The molecule has 7 nitrogen and oxygen atoms in total. The van der Waals surface area contributed by atoms with Crippen molar-refractivity contribution < 1.29 is 28.7 Å². The molecule has 32 heavy (non-hydrogen) atoms. The molecule has 7 heteroatoms. The van der Waals surface area contributed by atoms with Crippen molar-refractivity contribution in [2.24, 2.45) is 23.7 Å². The number of fused-ring (bicyclic) bond motifs is 5. The quantitative estimate of drug-likeness (QED) is 0.302. The van der Waals surface area contributed by atoms with E-state index >= 15 is 0 Å². The molecule has 2 aliphatic carbocycles. The fourth-order valence-electron chi connectivity index (χ4n) is 5.00. The minimum absolute atomic E-state index is 0.114. The molecule has 3 aliphatic rings. The largest absolute Gasteiger partial charge is 0.497 e. The number of rotatable bonds is 6. The van der Waals surface area contributed by atoms with E-state index in [9.17, 15) is 19.2 Å². The first-order chi connectivity index (χ1) is 15.5. The molecule has 2 aromatic carbocycles. The highest BCUT2D eigenvalue weighted by atomic mass is 16.5. The second-order valence-corrected chi connectivity index (χ2v) is 8.29. The third-order valence-electron chi connectivity index (χ3n) is 6.56. The van der Waals surface area contributed by atoms with Gasteiger partial charge in [-0.25, -0.2) is 9.69 Å². The Morgan fingerprint density at radius 3 is 2.22 bits per heavy atom. The molecule has 1 aliphatic heterocycles. The van der Waals surface area contributed by atoms with Crippen LogP contribution in [0.4, 0.5) is 5.69 Å². The van der Waals surface area contributed by atoms with Crippen molar-refractivity contribution in [1.82, 2.24) is 0 Å². The summed E-state index contributed by atoms with van der Waals surface area (Å²) in [4.78, 5) is 52.0. The molecule has 162 valence electrons. The minimum atomic E-state index is -0.699. The maximum absolute atomic E-state index is 13.0. The van der Waals surface area contributed by atoms with Crippen molar-refractivity contribution in [3.8, 4) is 5.75 Å². The molecule has 1 saturated heterocycles. The van der Waals surface area contributed by atoms with Gasteiger partial charge in [0.15, 0.2) is 12.4 Å². The van der Waals surface area contributed by atoms with E-state index in [1.54, 1.807) is 36.4 Å². The summed E-state index contributed by atoms with van der Waals surface area (Å²) in [5, 5.41) is 0. The molecule has 0 N–H and O–H groups in total. The number of nitrogens with zero attached hydrogens (tertiary/aromatic N) is 1. The topological polar surface area (TPSA) is 90.0 Å². The van der Waals surface area contributed by atoms with E-state index in [2.05, 4.69) is 0 Å². The Kier molecular flexibility index (Phi) is 4.89. The normalized spacial score (nSPS) is 25.2. The van der Waals surface area contributed by atoms with Crippen molar-refractivity contribution in [3.05, 3.63) is 71.8 Å². The average molecular weight is 431 g/mol. The Balaban J connectivity index is 1.28. The second kappa shape index (κ2) is 7.75. The van der Waals surface area contributed by atoms with E-state index in [0.29, 0.717) is 17.0 Å². The smallest absolute Gasteiger partial charge is 0.338 e. The van der Waals surface area contributed by atoms with Gasteiger partial charge in [0.05, 0.1) is 30.2 Å². The van der Waals surface area contributed by atoms with Crippen LogP contribution in [-0.2, 0) is 14.3 Å². The van der Waals surface area contributed by atoms with Gasteiger partial charge in [0, 0.05) is 5.56 Å². The van der Waals surface area contributed by atoms with Gasteiger partial charge in [-0.15, -0.1) is 0 Å². The van der Waals surface area contributed by atoms with E-state index in [4.69, 9.17) is 9.47 Å². The molecule has 2 bridgehead atoms. The lowest BCUT2D eigenvalue weighted by atomic mass is 9.85. The summed E-state index contributed by atoms with van der Waals surface area (Å²) in [6.45, 7) is -0.420. The summed E-state index contributed by atoms with van der Waals surface area (Å²) in [5.74, 6) is -1.24. The molecule has 2 aromatic rings. The fourth-order valence-corrected chi connectivity index (χ4v) is 5.00. The molecule has 5 rings (SSSR count). The van der Waals surface area contributed by atoms with Crippen LogP contribution in [0.3, 0.4) is 0 Å². The van der Waals surface area contributed by atoms with Crippen molar-refractivity contribution in [2.45, 2.75) is 6.42 Å². The van der Waals surface area contributed by atoms with Crippen LogP contribution in [0.5, 0.6) is 5.75 Å². The van der Waals surface area contributed by atoms with E-state index in [1.807, 2.05) is 12.2 Å². The number of esters is 1. The van der Waals surface area contributed by atoms with Crippen LogP contribution in [0, 0.1) is 23.7 Å². The van der Waals surface area contributed by atoms with Gasteiger partial charge in [-0.05, 0) is 60.7 Å². The van der Waals surface area contributed by atoms with Gasteiger partial charge in [-0.3, -0.25) is 14.4 Å². The molecule has 1 saturated carbocycles. The third kappa shape index (κ3) is 3.21. The number of ether oxygens (including phenoxy) is 2. The Morgan fingerprint density at radius 1 is 0.938 bits per heavy atom. The lowest BCUT2D eigenvalue weighted by Gasteiger charge is -2.18. The summed E-state index contributed by atoms with van der Waals surface area (Å²) in [6.07, 6.45) is 4.93. The molecule has 4 unspecified atom stereocenters. The van der Waals surface area contributed by atoms with E-state index in [-0.39, 0.29) is 46.8 Å². The molecular weight excluding hydrogens is 410 g/mol. The van der Waals surface area contributed by atoms with E-state index in [0.717, 1.165) is 6.42 Å². The van der Waals surface area contributed by atoms with Crippen LogP contribution in [0.2, 0.25) is 0 Å². The number of ketones is 1. The van der Waals surface area contributed by atoms with Gasteiger partial charge in [-0.1, -0.05) is 18.2 Å². The number of benzene rings is 2. The summed E-state index contributed by atoms with van der Waals surface area (Å²) in [6, 6.07) is 12.7. The minimum Gasteiger partial charge on any atom is -0.497 e. The number of imide groups is 1. The standard InChI is InChI=1S/C25H21NO6/c1-31-19-9-7-14(8-10-19)20(27)13-32-25(30)17-3-2-4-18(12-17)26-23(28)21-15-5-6-16(11-15)22(21)24(26)29/h2-10,12,15-16,21-22H,11,13H2,1H3. The van der Waals surface area contributed by atoms with Gasteiger partial charge in [0.25, 0.3) is 0 Å². The molecule has 0 radical (unpaired) electrons. The van der Waals surface area contributed by atoms with E-state index in [1.165, 1.54) is 24.1 Å². The lowest BCUT2D eigenvalue weighted by molar-refractivity contribution is -0.123. The zero-order valence-electron chi connectivity index (χ0n) is 17.4. The molecule has 4 atom stereocenters. The van der Waals surface area contributed by atoms with Crippen molar-refractivity contribution in [3.63, 3.8) is 0 Å². The molecule has 0 aromatic heterocycles. The van der Waals surface area contributed by atoms with E-state index < -0.39 is 12.6 Å². The second-order valence-electron chi connectivity index (χ2n) is 8.29. The number of carbonyl (C=O) groups excluding carboxylic acids is 4. The van der Waals surface area contributed by atoms with Crippen molar-refractivity contribution in [2.75, 3.05) is 18.6 Å². The Bertz CT molecular complexity index is 1120. The number of hydrogen-bond acceptors (Lipinski definition) is 6. The van der Waals surface area contributed by atoms with Crippen LogP contribution >= 0.6 is 0 Å². The van der Waals surface area contributed by atoms with Gasteiger partial charge in [0.1, 0.15) is 5.75 Å². The van der Waals surface area contributed by atoms with Crippen LogP contribution < -0.4 is 9.64 Å². The van der Waals surface area contributed by atoms with Gasteiger partial charge in [0.2, 0.25) is 11.8 Å². The van der Waals surface area contributed by atoms with Crippen LogP contribution in [0.25, 0.3) is 0 Å². The molecule has 2 fully saturated rings. The SMILES string of the molecule is COc1ccc(C(=O)COC(=O)c2cccc(N3C(=O)C4C5C=CC(C5)C4C3=O)c2)cc1. The van der Waals surface area contributed by atoms with Crippen LogP contribution in [0.1, 0.15) is 27.1 Å². The third-order valence-corrected chi connectivity index (χ3v) is 6.56. The number of hydrogen-bond donors (Lipinski definition) is 0. The first-order valence-corrected chi connectivity index (χ1v) is 10.5. The summed E-state index contributed by atoms with van der Waals surface area (Å²) < 4.78 is 10.2. The number of Topliss-reactive ketones (excluding diaryl/α,β-unsaturated/α-hetero) is 1. The Labute approximate surface area is 184 Å². The highest BCUT2D eigenvalue weighted by Crippen LogP contribution is 2.53. The van der Waals surface area contributed by atoms with Crippen molar-refractivity contribution >= 4 is 29.3 Å². The number of anilines is 1. The summed E-state index contributed by atoms with van der Waals surface area (Å²) >= 11 is 0. The average Bonchev–Trinajstić information content (AvgIpc) is 3.51. The zero-order chi connectivity index (χ0) is 22.4. The monoisotopic (exact) mass is 431 g/mol. The summed E-state index contributed by atoms with van der Waals surface area (Å²) in [7, 11) is 1.53. The van der Waals surface area contributed by atoms with Crippen LogP contribution in [0.15, 0.2) is 60.7 Å². The summed E-state index contributed by atoms with van der Waals surface area (Å²) in [5.41, 5.74) is 0.920. The fraction of sp³-hybridized carbons (Fsp3) is 0.280. The Hall–Kier alpha value is -3.74. The maximum atomic E-state index is 13.0. The van der Waals surface area contributed by atoms with Crippen LogP contribution in [-0.4, -0.2) is 37.3 Å². The molecule has 0 spiro atoms. The number of amides is 2. The zero-order valence-corrected chi connectivity index (χ0v) is 17.4. The lowest BCUT2D eigenvalue weighted by Crippen LogP contribution is -2.33. The van der Waals surface area contributed by atoms with Gasteiger partial charge in [-0.2, -0.15) is 0 Å². The van der Waals surface area contributed by atoms with Crippen molar-refractivity contribution in [1.29, 1.82) is 0 Å². The first kappa shape index (κ1) is 20.2. The predicted octanol–water partition coefficient (Wildman–Crippen LogP) is 3.05. The highest BCUT2D eigenvalue weighted by Gasteiger charge is 2.59. The molecular formula is C25H21NO6. The first-order valence-electron chi connectivity index (χ1n) is 10.5. The number of methoxy groups -OCH3 is 1. The number of allylic oxidation sites excluding steroid dienone is 2. The Morgan fingerprint density at radius 2 is 1.59 bits per heavy atom. The molecule has 1 heterocycles. The number of carbonyl (C=O) groups is 4. The predicted molar refractivity (Wildman–Crippen MR) is 114 cm³/mol. The highest BCUT2D eigenvalue weighted by molar-refractivity contribution is 6.23. The van der Waals surface area contributed by atoms with Gasteiger partial charge >= 0.3 is 5.97 Å². The molecule has 2 amide bonds. The maximum Gasteiger partial charge on any atom is 0.338 e. The van der Waals surface area contributed by atoms with Gasteiger partial charge < -0.3 is 9.47 Å².